The van der Waals surface area contributed by atoms with Gasteiger partial charge in [0.15, 0.2) is 0 Å². The SMILES string of the molecule is CC(C)(C)c1ccc(S(OS(=O)(=O)c2ccc(Cc3ccccc3)cc2)(c2ccccc2)c2ccccc2)cc1. The zero-order valence-electron chi connectivity index (χ0n) is 23.0. The molecule has 0 spiro atoms. The van der Waals surface area contributed by atoms with Crippen molar-refractivity contribution in [2.45, 2.75) is 52.2 Å². The molecule has 40 heavy (non-hydrogen) atoms. The Morgan fingerprint density at radius 2 is 0.900 bits per heavy atom. The Labute approximate surface area is 240 Å². The molecule has 0 saturated heterocycles. The second kappa shape index (κ2) is 11.5. The molecule has 5 heteroatoms. The van der Waals surface area contributed by atoms with Crippen LogP contribution >= 0.6 is 10.3 Å². The van der Waals surface area contributed by atoms with Crippen molar-refractivity contribution in [2.24, 2.45) is 0 Å². The molecule has 0 aliphatic carbocycles. The van der Waals surface area contributed by atoms with Crippen LogP contribution in [0.2, 0.25) is 0 Å². The van der Waals surface area contributed by atoms with Gasteiger partial charge in [-0.25, -0.2) is 3.63 Å². The van der Waals surface area contributed by atoms with Crippen LogP contribution in [0.3, 0.4) is 0 Å². The van der Waals surface area contributed by atoms with Crippen molar-refractivity contribution >= 4 is 20.4 Å². The molecule has 0 saturated carbocycles. The Morgan fingerprint density at radius 3 is 1.38 bits per heavy atom. The van der Waals surface area contributed by atoms with Crippen molar-refractivity contribution in [3.63, 3.8) is 0 Å². The Hall–Kier alpha value is -3.64. The predicted molar refractivity (Wildman–Crippen MR) is 164 cm³/mol. The van der Waals surface area contributed by atoms with E-state index in [2.05, 4.69) is 45.0 Å². The minimum atomic E-state index is -4.15. The maximum Gasteiger partial charge on any atom is 0.307 e. The Balaban J connectivity index is 1.61. The quantitative estimate of drug-likeness (QED) is 0.188. The minimum Gasteiger partial charge on any atom is -0.203 e. The first-order chi connectivity index (χ1) is 19.2. The molecule has 0 unspecified atom stereocenters. The first-order valence-corrected chi connectivity index (χ1v) is 16.3. The summed E-state index contributed by atoms with van der Waals surface area (Å²) in [4.78, 5) is 2.59. The van der Waals surface area contributed by atoms with Crippen molar-refractivity contribution in [1.82, 2.24) is 0 Å². The van der Waals surface area contributed by atoms with E-state index in [1.165, 1.54) is 11.1 Å². The fourth-order valence-electron chi connectivity index (χ4n) is 4.68. The largest absolute Gasteiger partial charge is 0.307 e. The summed E-state index contributed by atoms with van der Waals surface area (Å²) in [6.45, 7) is 6.50. The summed E-state index contributed by atoms with van der Waals surface area (Å²) in [6, 6.07) is 44.8. The van der Waals surface area contributed by atoms with Crippen LogP contribution in [0, 0.1) is 0 Å². The Kier molecular flexibility index (Phi) is 7.99. The van der Waals surface area contributed by atoms with E-state index in [0.29, 0.717) is 0 Å². The maximum absolute atomic E-state index is 14.1. The van der Waals surface area contributed by atoms with E-state index < -0.39 is 20.4 Å². The third-order valence-corrected chi connectivity index (χ3v) is 12.0. The molecule has 0 radical (unpaired) electrons. The zero-order chi connectivity index (χ0) is 28.2. The lowest BCUT2D eigenvalue weighted by Gasteiger charge is -2.39. The normalized spacial score (nSPS) is 12.7. The average molecular weight is 567 g/mol. The molecule has 0 aliphatic rings. The van der Waals surface area contributed by atoms with Crippen molar-refractivity contribution in [3.05, 3.63) is 156 Å². The lowest BCUT2D eigenvalue weighted by molar-refractivity contribution is 0.508. The second-order valence-corrected chi connectivity index (χ2v) is 15.2. The summed E-state index contributed by atoms with van der Waals surface area (Å²) in [6.07, 6.45) is 0.728. The van der Waals surface area contributed by atoms with Crippen LogP contribution in [-0.4, -0.2) is 8.42 Å². The van der Waals surface area contributed by atoms with Gasteiger partial charge in [-0.3, -0.25) is 0 Å². The van der Waals surface area contributed by atoms with E-state index in [1.54, 1.807) is 12.1 Å². The van der Waals surface area contributed by atoms with E-state index in [4.69, 9.17) is 3.63 Å². The van der Waals surface area contributed by atoms with Crippen LogP contribution in [0.15, 0.2) is 159 Å². The van der Waals surface area contributed by atoms with E-state index >= 15 is 0 Å². The Bertz CT molecular complexity index is 1600. The fraction of sp³-hybridized carbons (Fsp3) is 0.143. The molecular weight excluding hydrogens is 533 g/mol. The number of hydrogen-bond donors (Lipinski definition) is 0. The van der Waals surface area contributed by atoms with Crippen LogP contribution in [0.25, 0.3) is 0 Å². The highest BCUT2D eigenvalue weighted by Crippen LogP contribution is 2.70. The molecule has 0 bridgehead atoms. The van der Waals surface area contributed by atoms with Gasteiger partial charge in [0.05, 0.1) is 4.90 Å². The highest BCUT2D eigenvalue weighted by atomic mass is 32.3. The maximum atomic E-state index is 14.1. The van der Waals surface area contributed by atoms with Gasteiger partial charge in [-0.1, -0.05) is 112 Å². The van der Waals surface area contributed by atoms with E-state index in [1.807, 2.05) is 103 Å². The van der Waals surface area contributed by atoms with Gasteiger partial charge in [0.1, 0.15) is 0 Å². The molecule has 3 nitrogen and oxygen atoms in total. The monoisotopic (exact) mass is 566 g/mol. The zero-order valence-corrected chi connectivity index (χ0v) is 24.7. The molecule has 0 atom stereocenters. The molecule has 5 rings (SSSR count). The number of rotatable bonds is 8. The van der Waals surface area contributed by atoms with Crippen molar-refractivity contribution in [1.29, 1.82) is 0 Å². The van der Waals surface area contributed by atoms with Gasteiger partial charge < -0.3 is 0 Å². The molecule has 0 N–H and O–H groups in total. The van der Waals surface area contributed by atoms with Crippen molar-refractivity contribution in [2.75, 3.05) is 0 Å². The second-order valence-electron chi connectivity index (χ2n) is 10.8. The average Bonchev–Trinajstić information content (AvgIpc) is 2.97. The molecule has 5 aromatic rings. The van der Waals surface area contributed by atoms with Crippen LogP contribution in [-0.2, 0) is 25.6 Å². The summed E-state index contributed by atoms with van der Waals surface area (Å²) >= 11 is 0. The molecule has 0 heterocycles. The van der Waals surface area contributed by atoms with Crippen molar-refractivity contribution < 1.29 is 12.0 Å². The predicted octanol–water partition coefficient (Wildman–Crippen LogP) is 9.18. The summed E-state index contributed by atoms with van der Waals surface area (Å²) in [5, 5.41) is 0. The number of benzene rings is 5. The molecule has 0 aromatic heterocycles. The van der Waals surface area contributed by atoms with Gasteiger partial charge in [0.25, 0.3) is 0 Å². The van der Waals surface area contributed by atoms with Crippen LogP contribution < -0.4 is 0 Å². The molecule has 0 fully saturated rings. The van der Waals surface area contributed by atoms with Gasteiger partial charge >= 0.3 is 10.1 Å². The summed E-state index contributed by atoms with van der Waals surface area (Å²) in [5.41, 5.74) is 3.34. The third kappa shape index (κ3) is 5.92. The van der Waals surface area contributed by atoms with E-state index in [0.717, 1.165) is 26.7 Å². The molecule has 204 valence electrons. The summed E-state index contributed by atoms with van der Waals surface area (Å²) in [7, 11) is -6.80. The first kappa shape index (κ1) is 27.9. The highest BCUT2D eigenvalue weighted by molar-refractivity contribution is 8.33. The summed E-state index contributed by atoms with van der Waals surface area (Å²) < 4.78 is 34.6. The molecule has 5 aromatic carbocycles. The summed E-state index contributed by atoms with van der Waals surface area (Å²) in [5.74, 6) is 0. The Morgan fingerprint density at radius 1 is 0.500 bits per heavy atom. The minimum absolute atomic E-state index is 0.0373. The van der Waals surface area contributed by atoms with Gasteiger partial charge in [-0.15, -0.1) is 0 Å². The standard InChI is InChI=1S/C35H34O3S2/c1-35(2,3)30-21-25-33(26-22-30)39(31-15-9-5-10-16-31,32-17-11-6-12-18-32)38-40(36,37)34-23-19-29(20-24-34)27-28-13-7-4-8-14-28/h4-26H,27H2,1-3H3. The van der Waals surface area contributed by atoms with Crippen LogP contribution in [0.1, 0.15) is 37.5 Å². The molecule has 0 amide bonds. The van der Waals surface area contributed by atoms with Crippen molar-refractivity contribution in [3.8, 4) is 0 Å². The lowest BCUT2D eigenvalue weighted by Crippen LogP contribution is -2.15. The lowest BCUT2D eigenvalue weighted by atomic mass is 9.87. The topological polar surface area (TPSA) is 43.4 Å². The van der Waals surface area contributed by atoms with Gasteiger partial charge in [-0.2, -0.15) is 8.42 Å². The van der Waals surface area contributed by atoms with Gasteiger partial charge in [0, 0.05) is 14.7 Å². The fourth-order valence-corrected chi connectivity index (χ4v) is 9.89. The third-order valence-electron chi connectivity index (χ3n) is 6.86. The van der Waals surface area contributed by atoms with Gasteiger partial charge in [0.2, 0.25) is 0 Å². The van der Waals surface area contributed by atoms with Crippen LogP contribution in [0.4, 0.5) is 0 Å². The van der Waals surface area contributed by atoms with Crippen LogP contribution in [0.5, 0.6) is 0 Å². The highest BCUT2D eigenvalue weighted by Gasteiger charge is 2.38. The van der Waals surface area contributed by atoms with E-state index in [-0.39, 0.29) is 10.3 Å². The number of hydrogen-bond acceptors (Lipinski definition) is 3. The smallest absolute Gasteiger partial charge is 0.203 e. The first-order valence-electron chi connectivity index (χ1n) is 13.3. The van der Waals surface area contributed by atoms with Gasteiger partial charge in [-0.05, 0) is 87.4 Å². The molecular formula is C35H34O3S2. The van der Waals surface area contributed by atoms with E-state index in [9.17, 15) is 8.42 Å². The molecule has 0 aliphatic heterocycles.